The Morgan fingerprint density at radius 1 is 1.42 bits per heavy atom. The molecule has 1 saturated heterocycles. The summed E-state index contributed by atoms with van der Waals surface area (Å²) in [7, 11) is 0. The zero-order chi connectivity index (χ0) is 17.5. The zero-order valence-electron chi connectivity index (χ0n) is 14.0. The maximum Gasteiger partial charge on any atom is 0.387 e. The van der Waals surface area contributed by atoms with Crippen LogP contribution in [0, 0.1) is 5.92 Å². The van der Waals surface area contributed by atoms with Gasteiger partial charge in [0.1, 0.15) is 0 Å². The highest BCUT2D eigenvalue weighted by molar-refractivity contribution is 5.78. The number of hydrogen-bond acceptors (Lipinski definition) is 4. The van der Waals surface area contributed by atoms with Crippen LogP contribution in [0.1, 0.15) is 32.3 Å². The Kier molecular flexibility index (Phi) is 6.78. The third-order valence-corrected chi connectivity index (χ3v) is 3.99. The van der Waals surface area contributed by atoms with Crippen molar-refractivity contribution in [3.05, 3.63) is 23.8 Å². The smallest absolute Gasteiger partial charge is 0.387 e. The highest BCUT2D eigenvalue weighted by Crippen LogP contribution is 2.30. The van der Waals surface area contributed by atoms with Crippen molar-refractivity contribution in [2.24, 2.45) is 5.92 Å². The molecule has 1 aromatic rings. The molecule has 1 aliphatic heterocycles. The lowest BCUT2D eigenvalue weighted by molar-refractivity contribution is -0.126. The maximum absolute atomic E-state index is 12.4. The number of halogens is 2. The quantitative estimate of drug-likeness (QED) is 0.800. The molecule has 7 heteroatoms. The second-order valence-corrected chi connectivity index (χ2v) is 5.89. The minimum atomic E-state index is -2.91. The van der Waals surface area contributed by atoms with Gasteiger partial charge in [0, 0.05) is 18.5 Å². The summed E-state index contributed by atoms with van der Waals surface area (Å²) in [5.41, 5.74) is 0.774. The second-order valence-electron chi connectivity index (χ2n) is 5.89. The monoisotopic (exact) mass is 342 g/mol. The normalized spacial score (nSPS) is 20.7. The molecule has 0 unspecified atom stereocenters. The van der Waals surface area contributed by atoms with Gasteiger partial charge in [0.15, 0.2) is 11.5 Å². The van der Waals surface area contributed by atoms with Crippen molar-refractivity contribution >= 4 is 5.91 Å². The highest BCUT2D eigenvalue weighted by atomic mass is 19.3. The lowest BCUT2D eigenvalue weighted by Crippen LogP contribution is -2.42. The number of alkyl halides is 2. The molecule has 2 atom stereocenters. The summed E-state index contributed by atoms with van der Waals surface area (Å²) in [6, 6.07) is 5.04. The Hall–Kier alpha value is -1.89. The average Bonchev–Trinajstić information content (AvgIpc) is 2.54. The van der Waals surface area contributed by atoms with E-state index in [0.717, 1.165) is 24.9 Å². The fourth-order valence-electron chi connectivity index (χ4n) is 2.83. The molecular formula is C17H24F2N2O3. The number of nitrogens with one attached hydrogen (secondary N) is 2. The summed E-state index contributed by atoms with van der Waals surface area (Å²) in [6.45, 7) is 2.42. The zero-order valence-corrected chi connectivity index (χ0v) is 14.0. The summed E-state index contributed by atoms with van der Waals surface area (Å²) < 4.78 is 34.6. The first kappa shape index (κ1) is 18.4. The minimum absolute atomic E-state index is 0.00546. The van der Waals surface area contributed by atoms with Crippen LogP contribution in [0.15, 0.2) is 18.2 Å². The number of carbonyl (C=O) groups is 1. The molecule has 1 heterocycles. The number of benzene rings is 1. The van der Waals surface area contributed by atoms with E-state index in [1.165, 1.54) is 6.07 Å². The number of carbonyl (C=O) groups excluding carboxylic acids is 1. The van der Waals surface area contributed by atoms with Crippen LogP contribution in [0.25, 0.3) is 0 Å². The Balaban J connectivity index is 1.96. The van der Waals surface area contributed by atoms with Gasteiger partial charge >= 0.3 is 6.61 Å². The highest BCUT2D eigenvalue weighted by Gasteiger charge is 2.24. The van der Waals surface area contributed by atoms with Gasteiger partial charge in [-0.25, -0.2) is 0 Å². The lowest BCUT2D eigenvalue weighted by atomic mass is 9.92. The standard InChI is InChI=1S/C17H24F2N2O3/c1-3-23-15-9-12(4-5-14(15)24-17(18)19)10-21-16(22)13-6-7-20-11(2)8-13/h4-5,9,11,13,17,20H,3,6-8,10H2,1-2H3,(H,21,22)/t11-,13-/m0/s1. The van der Waals surface area contributed by atoms with E-state index in [-0.39, 0.29) is 23.3 Å². The predicted molar refractivity (Wildman–Crippen MR) is 86.3 cm³/mol. The largest absolute Gasteiger partial charge is 0.490 e. The molecule has 0 radical (unpaired) electrons. The Bertz CT molecular complexity index is 555. The van der Waals surface area contributed by atoms with Crippen molar-refractivity contribution in [2.45, 2.75) is 45.9 Å². The molecule has 5 nitrogen and oxygen atoms in total. The van der Waals surface area contributed by atoms with E-state index in [2.05, 4.69) is 22.3 Å². The van der Waals surface area contributed by atoms with Crippen molar-refractivity contribution in [1.82, 2.24) is 10.6 Å². The van der Waals surface area contributed by atoms with Crippen LogP contribution in [0.5, 0.6) is 11.5 Å². The molecule has 0 saturated carbocycles. The summed E-state index contributed by atoms with van der Waals surface area (Å²) in [4.78, 5) is 12.2. The van der Waals surface area contributed by atoms with E-state index in [4.69, 9.17) is 4.74 Å². The molecule has 2 rings (SSSR count). The molecule has 0 spiro atoms. The van der Waals surface area contributed by atoms with Gasteiger partial charge in [-0.05, 0) is 50.9 Å². The molecule has 1 fully saturated rings. The van der Waals surface area contributed by atoms with Crippen molar-refractivity contribution < 1.29 is 23.0 Å². The summed E-state index contributed by atoms with van der Waals surface area (Å²) in [6.07, 6.45) is 1.64. The van der Waals surface area contributed by atoms with Crippen LogP contribution in [0.3, 0.4) is 0 Å². The molecule has 0 aliphatic carbocycles. The first-order valence-electron chi connectivity index (χ1n) is 8.21. The van der Waals surface area contributed by atoms with Crippen LogP contribution < -0.4 is 20.1 Å². The molecule has 134 valence electrons. The van der Waals surface area contributed by atoms with E-state index in [9.17, 15) is 13.6 Å². The molecule has 24 heavy (non-hydrogen) atoms. The summed E-state index contributed by atoms with van der Waals surface area (Å²) >= 11 is 0. The van der Waals surface area contributed by atoms with Crippen molar-refractivity contribution in [2.75, 3.05) is 13.2 Å². The first-order chi connectivity index (χ1) is 11.5. The fourth-order valence-corrected chi connectivity index (χ4v) is 2.83. The number of hydrogen-bond donors (Lipinski definition) is 2. The Morgan fingerprint density at radius 3 is 2.88 bits per heavy atom. The molecular weight excluding hydrogens is 318 g/mol. The Morgan fingerprint density at radius 2 is 2.21 bits per heavy atom. The van der Waals surface area contributed by atoms with E-state index < -0.39 is 6.61 Å². The van der Waals surface area contributed by atoms with Gasteiger partial charge in [-0.1, -0.05) is 6.07 Å². The SMILES string of the molecule is CCOc1cc(CNC(=O)[C@H]2CCN[C@@H](C)C2)ccc1OC(F)F. The third-order valence-electron chi connectivity index (χ3n) is 3.99. The topological polar surface area (TPSA) is 59.6 Å². The molecule has 0 bridgehead atoms. The van der Waals surface area contributed by atoms with Gasteiger partial charge < -0.3 is 20.1 Å². The van der Waals surface area contributed by atoms with Crippen LogP contribution in [0.2, 0.25) is 0 Å². The predicted octanol–water partition coefficient (Wildman–Crippen LogP) is 2.69. The maximum atomic E-state index is 12.4. The van der Waals surface area contributed by atoms with Crippen molar-refractivity contribution in [1.29, 1.82) is 0 Å². The summed E-state index contributed by atoms with van der Waals surface area (Å²) in [5.74, 6) is 0.275. The molecule has 2 N–H and O–H groups in total. The van der Waals surface area contributed by atoms with E-state index in [1.807, 2.05) is 0 Å². The van der Waals surface area contributed by atoms with Crippen LogP contribution in [0.4, 0.5) is 8.78 Å². The number of piperidine rings is 1. The van der Waals surface area contributed by atoms with Crippen LogP contribution in [-0.2, 0) is 11.3 Å². The van der Waals surface area contributed by atoms with Gasteiger partial charge in [-0.2, -0.15) is 8.78 Å². The second kappa shape index (κ2) is 8.82. The number of rotatable bonds is 7. The van der Waals surface area contributed by atoms with Gasteiger partial charge in [-0.15, -0.1) is 0 Å². The van der Waals surface area contributed by atoms with E-state index >= 15 is 0 Å². The number of amides is 1. The van der Waals surface area contributed by atoms with Crippen molar-refractivity contribution in [3.8, 4) is 11.5 Å². The minimum Gasteiger partial charge on any atom is -0.490 e. The molecule has 1 amide bonds. The summed E-state index contributed by atoms with van der Waals surface area (Å²) in [5, 5.41) is 6.22. The Labute approximate surface area is 140 Å². The third kappa shape index (κ3) is 5.33. The molecule has 1 aromatic carbocycles. The van der Waals surface area contributed by atoms with Gasteiger partial charge in [0.2, 0.25) is 5.91 Å². The van der Waals surface area contributed by atoms with E-state index in [1.54, 1.807) is 19.1 Å². The fraction of sp³-hybridized carbons (Fsp3) is 0.588. The van der Waals surface area contributed by atoms with Crippen LogP contribution in [-0.4, -0.2) is 31.7 Å². The first-order valence-corrected chi connectivity index (χ1v) is 8.21. The van der Waals surface area contributed by atoms with Gasteiger partial charge in [0.25, 0.3) is 0 Å². The van der Waals surface area contributed by atoms with E-state index in [0.29, 0.717) is 19.2 Å². The molecule has 1 aliphatic rings. The van der Waals surface area contributed by atoms with Crippen LogP contribution >= 0.6 is 0 Å². The van der Waals surface area contributed by atoms with Gasteiger partial charge in [-0.3, -0.25) is 4.79 Å². The average molecular weight is 342 g/mol. The van der Waals surface area contributed by atoms with Crippen molar-refractivity contribution in [3.63, 3.8) is 0 Å². The number of ether oxygens (including phenoxy) is 2. The molecule has 0 aromatic heterocycles. The lowest BCUT2D eigenvalue weighted by Gasteiger charge is -2.27. The van der Waals surface area contributed by atoms with Gasteiger partial charge in [0.05, 0.1) is 6.61 Å².